The summed E-state index contributed by atoms with van der Waals surface area (Å²) in [5.74, 6) is -3.51. The second-order valence-electron chi connectivity index (χ2n) is 14.0. The molecule has 14 atom stereocenters. The molecule has 0 radical (unpaired) electrons. The third-order valence-corrected chi connectivity index (χ3v) is 12.4. The van der Waals surface area contributed by atoms with Crippen molar-refractivity contribution in [1.82, 2.24) is 0 Å². The predicted molar refractivity (Wildman–Crippen MR) is 137 cm³/mol. The van der Waals surface area contributed by atoms with E-state index in [1.54, 1.807) is 6.92 Å². The van der Waals surface area contributed by atoms with Gasteiger partial charge in [-0.2, -0.15) is 0 Å². The number of cyclic esters (lactones) is 1. The van der Waals surface area contributed by atoms with Crippen molar-refractivity contribution < 1.29 is 48.6 Å². The van der Waals surface area contributed by atoms with Crippen LogP contribution in [0.1, 0.15) is 65.7 Å². The van der Waals surface area contributed by atoms with Crippen molar-refractivity contribution in [2.24, 2.45) is 34.5 Å². The van der Waals surface area contributed by atoms with Gasteiger partial charge in [-0.15, -0.1) is 0 Å². The first-order chi connectivity index (χ1) is 18.9. The molecular formula is C30H42O10. The van der Waals surface area contributed by atoms with E-state index in [9.17, 15) is 24.9 Å². The lowest BCUT2D eigenvalue weighted by molar-refractivity contribution is -0.460. The molecule has 4 aliphatic carbocycles. The van der Waals surface area contributed by atoms with E-state index in [-0.39, 0.29) is 42.4 Å². The normalized spacial score (nSPS) is 57.2. The highest BCUT2D eigenvalue weighted by molar-refractivity contribution is 5.93. The molecule has 2 saturated heterocycles. The summed E-state index contributed by atoms with van der Waals surface area (Å²) in [6, 6.07) is 0. The first kappa shape index (κ1) is 27.4. The number of ether oxygens (including phenoxy) is 5. The van der Waals surface area contributed by atoms with E-state index in [2.05, 4.69) is 6.92 Å². The fourth-order valence-corrected chi connectivity index (χ4v) is 10.4. The minimum atomic E-state index is -1.76. The maximum Gasteiger partial charge on any atom is 0.331 e. The highest BCUT2D eigenvalue weighted by Gasteiger charge is 2.74. The quantitative estimate of drug-likeness (QED) is 0.336. The summed E-state index contributed by atoms with van der Waals surface area (Å²) in [5.41, 5.74) is -2.31. The molecule has 40 heavy (non-hydrogen) atoms. The Bertz CT molecular complexity index is 1140. The van der Waals surface area contributed by atoms with E-state index in [1.807, 2.05) is 6.92 Å². The van der Waals surface area contributed by atoms with Gasteiger partial charge in [-0.05, 0) is 81.1 Å². The van der Waals surface area contributed by atoms with Crippen LogP contribution in [-0.4, -0.2) is 89.0 Å². The number of fused-ring (bicyclic) bond motifs is 7. The molecule has 0 amide bonds. The number of carbonyl (C=O) groups excluding carboxylic acids is 2. The average Bonchev–Trinajstić information content (AvgIpc) is 3.45. The lowest BCUT2D eigenvalue weighted by Gasteiger charge is -2.66. The van der Waals surface area contributed by atoms with E-state index >= 15 is 0 Å². The lowest BCUT2D eigenvalue weighted by atomic mass is 9.42. The molecule has 7 rings (SSSR count). The molecule has 3 N–H and O–H groups in total. The number of Topliss-reactive ketones (excluding diaryl/α,β-unsaturated/α-hetero) is 1. The number of carbonyl (C=O) groups is 2. The molecule has 0 spiro atoms. The first-order valence-electron chi connectivity index (χ1n) is 14.9. The smallest absolute Gasteiger partial charge is 0.331 e. The predicted octanol–water partition coefficient (Wildman–Crippen LogP) is 1.63. The van der Waals surface area contributed by atoms with E-state index in [0.29, 0.717) is 38.5 Å². The molecule has 6 fully saturated rings. The fraction of sp³-hybridized carbons (Fsp3) is 0.867. The van der Waals surface area contributed by atoms with Gasteiger partial charge in [-0.3, -0.25) is 4.79 Å². The fourth-order valence-electron chi connectivity index (χ4n) is 10.4. The summed E-state index contributed by atoms with van der Waals surface area (Å²) < 4.78 is 29.5. The van der Waals surface area contributed by atoms with E-state index in [4.69, 9.17) is 23.7 Å². The van der Waals surface area contributed by atoms with Crippen LogP contribution in [0.3, 0.4) is 0 Å². The molecule has 10 heteroatoms. The Morgan fingerprint density at radius 1 is 1.05 bits per heavy atom. The van der Waals surface area contributed by atoms with Crippen molar-refractivity contribution in [3.8, 4) is 0 Å². The molecular weight excluding hydrogens is 520 g/mol. The Hall–Kier alpha value is -1.40. The van der Waals surface area contributed by atoms with Gasteiger partial charge in [0.15, 0.2) is 5.78 Å². The Balaban J connectivity index is 1.21. The number of aliphatic hydroxyl groups excluding tert-OH is 1. The van der Waals surface area contributed by atoms with Crippen molar-refractivity contribution in [2.45, 2.75) is 114 Å². The van der Waals surface area contributed by atoms with Crippen molar-refractivity contribution in [1.29, 1.82) is 0 Å². The Labute approximate surface area is 234 Å². The number of hydrogen-bond acceptors (Lipinski definition) is 10. The molecule has 0 bridgehead atoms. The lowest BCUT2D eigenvalue weighted by Crippen LogP contribution is -2.73. The van der Waals surface area contributed by atoms with Gasteiger partial charge < -0.3 is 39.0 Å². The van der Waals surface area contributed by atoms with Crippen LogP contribution in [0.15, 0.2) is 11.6 Å². The first-order valence-corrected chi connectivity index (χ1v) is 14.9. The maximum atomic E-state index is 14.2. The highest BCUT2D eigenvalue weighted by atomic mass is 16.8. The number of ketones is 1. The summed E-state index contributed by atoms with van der Waals surface area (Å²) in [6.45, 7) is 5.94. The van der Waals surface area contributed by atoms with E-state index in [1.165, 1.54) is 13.2 Å². The van der Waals surface area contributed by atoms with Crippen molar-refractivity contribution in [3.63, 3.8) is 0 Å². The van der Waals surface area contributed by atoms with Gasteiger partial charge >= 0.3 is 5.97 Å². The minimum Gasteiger partial charge on any atom is -0.458 e. The van der Waals surface area contributed by atoms with Crippen LogP contribution in [0.4, 0.5) is 0 Å². The summed E-state index contributed by atoms with van der Waals surface area (Å²) in [5, 5.41) is 35.9. The van der Waals surface area contributed by atoms with Crippen LogP contribution >= 0.6 is 0 Å². The summed E-state index contributed by atoms with van der Waals surface area (Å²) in [6.07, 6.45) is 1.77. The molecule has 0 aromatic rings. The number of esters is 1. The Kier molecular flexibility index (Phi) is 6.04. The molecule has 7 aliphatic rings. The zero-order valence-corrected chi connectivity index (χ0v) is 23.7. The molecule has 10 nitrogen and oxygen atoms in total. The van der Waals surface area contributed by atoms with Gasteiger partial charge in [0.25, 0.3) is 0 Å². The summed E-state index contributed by atoms with van der Waals surface area (Å²) >= 11 is 0. The van der Waals surface area contributed by atoms with Gasteiger partial charge in [0.1, 0.15) is 18.8 Å². The summed E-state index contributed by atoms with van der Waals surface area (Å²) in [7, 11) is 1.54. The highest BCUT2D eigenvalue weighted by Crippen LogP contribution is 2.69. The molecule has 4 saturated carbocycles. The second-order valence-corrected chi connectivity index (χ2v) is 14.0. The number of aliphatic hydroxyl groups is 3. The van der Waals surface area contributed by atoms with E-state index in [0.717, 1.165) is 12.0 Å². The van der Waals surface area contributed by atoms with Crippen LogP contribution in [0.2, 0.25) is 0 Å². The Morgan fingerprint density at radius 3 is 2.52 bits per heavy atom. The number of hydrogen-bond donors (Lipinski definition) is 3. The Morgan fingerprint density at radius 2 is 1.82 bits per heavy atom. The van der Waals surface area contributed by atoms with Crippen LogP contribution in [0.5, 0.6) is 0 Å². The SMILES string of the molecule is COC1CC(C)OC2OC3CC4CCC5C(C(O)C(=O)C6(C)C(C7=CC(=O)OC7)CCC56O)C4(C)CC3OC12O. The second kappa shape index (κ2) is 8.81. The van der Waals surface area contributed by atoms with Gasteiger partial charge in [0.05, 0.1) is 29.3 Å². The van der Waals surface area contributed by atoms with Crippen LogP contribution < -0.4 is 0 Å². The van der Waals surface area contributed by atoms with E-state index < -0.39 is 58.7 Å². The van der Waals surface area contributed by atoms with Crippen molar-refractivity contribution in [3.05, 3.63) is 11.6 Å². The van der Waals surface area contributed by atoms with Gasteiger partial charge in [0.2, 0.25) is 12.1 Å². The topological polar surface area (TPSA) is 141 Å². The maximum absolute atomic E-state index is 14.2. The van der Waals surface area contributed by atoms with Gasteiger partial charge in [0, 0.05) is 25.5 Å². The number of methoxy groups -OCH3 is 1. The largest absolute Gasteiger partial charge is 0.458 e. The van der Waals surface area contributed by atoms with Crippen LogP contribution in [-0.2, 0) is 33.3 Å². The van der Waals surface area contributed by atoms with Gasteiger partial charge in [-0.1, -0.05) is 6.92 Å². The monoisotopic (exact) mass is 562 g/mol. The average molecular weight is 563 g/mol. The van der Waals surface area contributed by atoms with Crippen LogP contribution in [0.25, 0.3) is 0 Å². The standard InChI is InChI=1S/C30H42O10/c1-14-9-21(36-4)30(35)26(38-14)39-19-11-16-5-6-18-23(27(16,2)12-20(19)40-30)24(32)25(33)28(3)17(7-8-29(18,28)34)15-10-22(31)37-13-15/h10,14,16-21,23-24,26,32,34-35H,5-9,11-13H2,1-4H3. The molecule has 222 valence electrons. The molecule has 0 aromatic carbocycles. The van der Waals surface area contributed by atoms with Crippen molar-refractivity contribution in [2.75, 3.05) is 13.7 Å². The molecule has 14 unspecified atom stereocenters. The molecule has 0 aromatic heterocycles. The zero-order chi connectivity index (χ0) is 28.4. The number of rotatable bonds is 2. The van der Waals surface area contributed by atoms with Crippen LogP contribution in [0, 0.1) is 34.5 Å². The molecule has 3 aliphatic heterocycles. The summed E-state index contributed by atoms with van der Waals surface area (Å²) in [4.78, 5) is 26.1. The zero-order valence-electron chi connectivity index (χ0n) is 23.7. The third-order valence-electron chi connectivity index (χ3n) is 12.4. The van der Waals surface area contributed by atoms with Gasteiger partial charge in [-0.25, -0.2) is 4.79 Å². The minimum absolute atomic E-state index is 0.127. The van der Waals surface area contributed by atoms with Crippen molar-refractivity contribution >= 4 is 11.8 Å². The third kappa shape index (κ3) is 3.35. The molecule has 3 heterocycles.